The zero-order valence-corrected chi connectivity index (χ0v) is 10.6. The van der Waals surface area contributed by atoms with Crippen molar-refractivity contribution in [1.29, 1.82) is 0 Å². The molecule has 0 aliphatic heterocycles. The number of rotatable bonds is 4. The molecule has 0 aliphatic rings. The number of aromatic amines is 1. The zero-order valence-electron chi connectivity index (χ0n) is 10.6. The van der Waals surface area contributed by atoms with E-state index in [9.17, 15) is 9.18 Å². The van der Waals surface area contributed by atoms with Gasteiger partial charge in [-0.15, -0.1) is 0 Å². The number of nitrogens with one attached hydrogen (secondary N) is 1. The summed E-state index contributed by atoms with van der Waals surface area (Å²) in [6.45, 7) is 3.89. The van der Waals surface area contributed by atoms with Crippen LogP contribution in [0.5, 0.6) is 0 Å². The van der Waals surface area contributed by atoms with E-state index in [1.54, 1.807) is 18.3 Å². The Bertz CT molecular complexity index is 554. The van der Waals surface area contributed by atoms with Crippen molar-refractivity contribution >= 4 is 5.78 Å². The van der Waals surface area contributed by atoms with Gasteiger partial charge in [-0.1, -0.05) is 12.1 Å². The lowest BCUT2D eigenvalue weighted by molar-refractivity contribution is 0.0982. The minimum Gasteiger partial charge on any atom is -0.364 e. The Balaban J connectivity index is 2.00. The number of halogens is 1. The van der Waals surface area contributed by atoms with Crippen LogP contribution in [0, 0.1) is 19.7 Å². The minimum atomic E-state index is -0.248. The maximum atomic E-state index is 12.7. The molecule has 1 aromatic carbocycles. The molecule has 2 rings (SSSR count). The molecule has 1 N–H and O–H groups in total. The average Bonchev–Trinajstić information content (AvgIpc) is 2.69. The Morgan fingerprint density at radius 2 is 1.89 bits per heavy atom. The number of Topliss-reactive ketones (excluding diaryl/α,β-unsaturated/α-hetero) is 1. The number of ketones is 1. The predicted octanol–water partition coefficient (Wildman–Crippen LogP) is 3.59. The largest absolute Gasteiger partial charge is 0.364 e. The molecule has 0 aliphatic carbocycles. The molecule has 2 aromatic rings. The van der Waals surface area contributed by atoms with Crippen LogP contribution in [-0.4, -0.2) is 10.8 Å². The van der Waals surface area contributed by atoms with Crippen LogP contribution >= 0.6 is 0 Å². The van der Waals surface area contributed by atoms with E-state index in [0.29, 0.717) is 12.8 Å². The Morgan fingerprint density at radius 1 is 1.22 bits per heavy atom. The molecule has 1 heterocycles. The van der Waals surface area contributed by atoms with Crippen LogP contribution in [0.25, 0.3) is 0 Å². The number of hydrogen-bond acceptors (Lipinski definition) is 1. The summed E-state index contributed by atoms with van der Waals surface area (Å²) in [5.41, 5.74) is 3.78. The molecule has 0 radical (unpaired) electrons. The monoisotopic (exact) mass is 245 g/mol. The number of hydrogen-bond donors (Lipinski definition) is 1. The molecule has 2 nitrogen and oxygen atoms in total. The molecule has 0 saturated heterocycles. The lowest BCUT2D eigenvalue weighted by atomic mass is 10.0. The summed E-state index contributed by atoms with van der Waals surface area (Å²) < 4.78 is 12.7. The molecule has 18 heavy (non-hydrogen) atoms. The maximum absolute atomic E-state index is 12.7. The normalized spacial score (nSPS) is 10.6. The highest BCUT2D eigenvalue weighted by Gasteiger charge is 2.11. The van der Waals surface area contributed by atoms with E-state index in [1.807, 2.05) is 13.8 Å². The predicted molar refractivity (Wildman–Crippen MR) is 69.3 cm³/mol. The quantitative estimate of drug-likeness (QED) is 0.820. The van der Waals surface area contributed by atoms with E-state index in [0.717, 1.165) is 22.4 Å². The Morgan fingerprint density at radius 3 is 2.44 bits per heavy atom. The average molecular weight is 245 g/mol. The molecule has 94 valence electrons. The molecule has 0 atom stereocenters. The molecule has 1 aromatic heterocycles. The van der Waals surface area contributed by atoms with Crippen molar-refractivity contribution in [2.45, 2.75) is 26.7 Å². The van der Waals surface area contributed by atoms with Crippen LogP contribution in [0.3, 0.4) is 0 Å². The van der Waals surface area contributed by atoms with Gasteiger partial charge in [0.15, 0.2) is 5.78 Å². The molecule has 0 saturated carbocycles. The number of carbonyl (C=O) groups excluding carboxylic acids is 1. The maximum Gasteiger partial charge on any atom is 0.164 e. The van der Waals surface area contributed by atoms with E-state index in [2.05, 4.69) is 4.98 Å². The van der Waals surface area contributed by atoms with Crippen molar-refractivity contribution in [2.24, 2.45) is 0 Å². The fourth-order valence-electron chi connectivity index (χ4n) is 1.93. The van der Waals surface area contributed by atoms with E-state index in [1.165, 1.54) is 12.1 Å². The van der Waals surface area contributed by atoms with E-state index < -0.39 is 0 Å². The summed E-state index contributed by atoms with van der Waals surface area (Å²) >= 11 is 0. The fraction of sp³-hybridized carbons (Fsp3) is 0.267. The second-order valence-corrected chi connectivity index (χ2v) is 4.50. The van der Waals surface area contributed by atoms with Gasteiger partial charge in [0, 0.05) is 23.9 Å². The van der Waals surface area contributed by atoms with Gasteiger partial charge in [0.2, 0.25) is 0 Å². The first-order chi connectivity index (χ1) is 8.58. The van der Waals surface area contributed by atoms with Gasteiger partial charge in [0.25, 0.3) is 0 Å². The second kappa shape index (κ2) is 5.17. The lowest BCUT2D eigenvalue weighted by Crippen LogP contribution is -2.01. The van der Waals surface area contributed by atoms with Gasteiger partial charge in [0.1, 0.15) is 5.82 Å². The SMILES string of the molecule is Cc1[nH]cc(C(=O)CCc2ccc(F)cc2)c1C. The third-order valence-electron chi connectivity index (χ3n) is 3.25. The van der Waals surface area contributed by atoms with Crippen LogP contribution in [-0.2, 0) is 6.42 Å². The molecular weight excluding hydrogens is 229 g/mol. The highest BCUT2D eigenvalue weighted by atomic mass is 19.1. The van der Waals surface area contributed by atoms with Gasteiger partial charge in [-0.05, 0) is 43.5 Å². The first-order valence-corrected chi connectivity index (χ1v) is 6.00. The standard InChI is InChI=1S/C15H16FNO/c1-10-11(2)17-9-14(10)15(18)8-5-12-3-6-13(16)7-4-12/h3-4,6-7,9,17H,5,8H2,1-2H3. The number of H-pyrrole nitrogens is 1. The van der Waals surface area contributed by atoms with Crippen molar-refractivity contribution in [3.05, 3.63) is 58.7 Å². The highest BCUT2D eigenvalue weighted by molar-refractivity contribution is 5.97. The van der Waals surface area contributed by atoms with Crippen LogP contribution in [0.4, 0.5) is 4.39 Å². The summed E-state index contributed by atoms with van der Waals surface area (Å²) in [5, 5.41) is 0. The van der Waals surface area contributed by atoms with E-state index >= 15 is 0 Å². The van der Waals surface area contributed by atoms with Crippen molar-refractivity contribution in [2.75, 3.05) is 0 Å². The highest BCUT2D eigenvalue weighted by Crippen LogP contribution is 2.15. The molecule has 0 fully saturated rings. The van der Waals surface area contributed by atoms with Gasteiger partial charge >= 0.3 is 0 Å². The summed E-state index contributed by atoms with van der Waals surface area (Å²) in [6.07, 6.45) is 2.85. The summed E-state index contributed by atoms with van der Waals surface area (Å²) in [4.78, 5) is 15.1. The van der Waals surface area contributed by atoms with Crippen LogP contribution < -0.4 is 0 Å². The van der Waals surface area contributed by atoms with Crippen molar-refractivity contribution in [1.82, 2.24) is 4.98 Å². The second-order valence-electron chi connectivity index (χ2n) is 4.50. The smallest absolute Gasteiger partial charge is 0.164 e. The van der Waals surface area contributed by atoms with Gasteiger partial charge < -0.3 is 4.98 Å². The Labute approximate surface area is 106 Å². The first-order valence-electron chi connectivity index (χ1n) is 6.00. The molecule has 0 spiro atoms. The minimum absolute atomic E-state index is 0.126. The molecular formula is C15H16FNO. The first kappa shape index (κ1) is 12.6. The van der Waals surface area contributed by atoms with Crippen LogP contribution in [0.15, 0.2) is 30.5 Å². The van der Waals surface area contributed by atoms with Crippen molar-refractivity contribution in [3.8, 4) is 0 Å². The summed E-state index contributed by atoms with van der Waals surface area (Å²) in [7, 11) is 0. The molecule has 3 heteroatoms. The molecule has 0 unspecified atom stereocenters. The summed E-state index contributed by atoms with van der Waals surface area (Å²) in [5.74, 6) is -0.122. The topological polar surface area (TPSA) is 32.9 Å². The number of aromatic nitrogens is 1. The third-order valence-corrected chi connectivity index (χ3v) is 3.25. The number of benzene rings is 1. The summed E-state index contributed by atoms with van der Waals surface area (Å²) in [6, 6.07) is 6.28. The van der Waals surface area contributed by atoms with E-state index in [-0.39, 0.29) is 11.6 Å². The Kier molecular flexibility index (Phi) is 3.60. The van der Waals surface area contributed by atoms with Gasteiger partial charge in [0.05, 0.1) is 0 Å². The third kappa shape index (κ3) is 2.67. The van der Waals surface area contributed by atoms with Crippen LogP contribution in [0.2, 0.25) is 0 Å². The van der Waals surface area contributed by atoms with Crippen LogP contribution in [0.1, 0.15) is 33.6 Å². The van der Waals surface area contributed by atoms with Gasteiger partial charge in [-0.3, -0.25) is 4.79 Å². The van der Waals surface area contributed by atoms with Crippen molar-refractivity contribution < 1.29 is 9.18 Å². The number of aryl methyl sites for hydroxylation is 2. The van der Waals surface area contributed by atoms with Crippen molar-refractivity contribution in [3.63, 3.8) is 0 Å². The number of carbonyl (C=O) groups is 1. The van der Waals surface area contributed by atoms with E-state index in [4.69, 9.17) is 0 Å². The lowest BCUT2D eigenvalue weighted by Gasteiger charge is -2.01. The molecule has 0 amide bonds. The fourth-order valence-corrected chi connectivity index (χ4v) is 1.93. The van der Waals surface area contributed by atoms with Gasteiger partial charge in [-0.2, -0.15) is 0 Å². The Hall–Kier alpha value is -1.90. The zero-order chi connectivity index (χ0) is 13.1. The van der Waals surface area contributed by atoms with Gasteiger partial charge in [-0.25, -0.2) is 4.39 Å². The molecule has 0 bridgehead atoms.